The Morgan fingerprint density at radius 1 is 0.932 bits per heavy atom. The van der Waals surface area contributed by atoms with Crippen LogP contribution >= 0.6 is 0 Å². The van der Waals surface area contributed by atoms with E-state index in [4.69, 9.17) is 9.47 Å². The van der Waals surface area contributed by atoms with Gasteiger partial charge in [-0.15, -0.1) is 0 Å². The van der Waals surface area contributed by atoms with E-state index >= 15 is 0 Å². The molecule has 0 spiro atoms. The van der Waals surface area contributed by atoms with Gasteiger partial charge in [-0.2, -0.15) is 0 Å². The van der Waals surface area contributed by atoms with E-state index in [1.54, 1.807) is 34.6 Å². The first-order valence-corrected chi connectivity index (χ1v) is 15.1. The van der Waals surface area contributed by atoms with Gasteiger partial charge in [-0.05, 0) is 94.5 Å². The van der Waals surface area contributed by atoms with Crippen molar-refractivity contribution in [3.63, 3.8) is 0 Å². The van der Waals surface area contributed by atoms with Gasteiger partial charge in [-0.1, -0.05) is 50.2 Å². The van der Waals surface area contributed by atoms with Crippen LogP contribution < -0.4 is 10.6 Å². The van der Waals surface area contributed by atoms with Crippen LogP contribution in [0.3, 0.4) is 0 Å². The van der Waals surface area contributed by atoms with Crippen LogP contribution in [0.5, 0.6) is 0 Å². The lowest BCUT2D eigenvalue weighted by Crippen LogP contribution is -2.60. The molecule has 3 amide bonds. The second-order valence-corrected chi connectivity index (χ2v) is 13.1. The molecule has 2 aromatic carbocycles. The fraction of sp³-hybridized carbons (Fsp3) is 0.529. The van der Waals surface area contributed by atoms with Crippen LogP contribution in [0.2, 0.25) is 0 Å². The van der Waals surface area contributed by atoms with Crippen molar-refractivity contribution < 1.29 is 33.0 Å². The molecule has 2 N–H and O–H groups in total. The maximum atomic E-state index is 15.0. The SMILES string of the molecule is COC(=O)[C@@H](CC(C)C)N(C(=O)[C@H](NC(=O)OC(C)(C)C)C1Cc2ccccc2C1)C(C(=O)NC(C)C)c1ccc(F)cc1. The monoisotopic (exact) mass is 611 g/mol. The van der Waals surface area contributed by atoms with E-state index in [0.29, 0.717) is 18.4 Å². The number of alkyl carbamates (subject to hydrolysis) is 1. The molecule has 0 fully saturated rings. The lowest BCUT2D eigenvalue weighted by atomic mass is 9.91. The maximum absolute atomic E-state index is 15.0. The van der Waals surface area contributed by atoms with Crippen LogP contribution in [0, 0.1) is 17.7 Å². The minimum Gasteiger partial charge on any atom is -0.467 e. The van der Waals surface area contributed by atoms with E-state index in [9.17, 15) is 23.6 Å². The Labute approximate surface area is 259 Å². The molecule has 0 radical (unpaired) electrons. The van der Waals surface area contributed by atoms with Crippen molar-refractivity contribution in [3.8, 4) is 0 Å². The highest BCUT2D eigenvalue weighted by molar-refractivity contribution is 5.95. The van der Waals surface area contributed by atoms with E-state index < -0.39 is 59.3 Å². The Hall–Kier alpha value is -3.95. The van der Waals surface area contributed by atoms with Crippen molar-refractivity contribution in [3.05, 3.63) is 71.0 Å². The zero-order chi connectivity index (χ0) is 32.8. The summed E-state index contributed by atoms with van der Waals surface area (Å²) in [5.41, 5.74) is 1.57. The summed E-state index contributed by atoms with van der Waals surface area (Å²) in [5.74, 6) is -2.89. The number of carbonyl (C=O) groups is 4. The number of amides is 3. The number of nitrogens with zero attached hydrogens (tertiary/aromatic N) is 1. The Morgan fingerprint density at radius 2 is 1.50 bits per heavy atom. The number of methoxy groups -OCH3 is 1. The normalized spacial score (nSPS) is 15.2. The predicted octanol–water partition coefficient (Wildman–Crippen LogP) is 5.12. The van der Waals surface area contributed by atoms with Gasteiger partial charge in [-0.3, -0.25) is 9.59 Å². The fourth-order valence-electron chi connectivity index (χ4n) is 5.62. The molecule has 0 aromatic heterocycles. The van der Waals surface area contributed by atoms with Crippen molar-refractivity contribution in [2.75, 3.05) is 7.11 Å². The number of nitrogens with one attached hydrogen (secondary N) is 2. The first kappa shape index (κ1) is 34.5. The molecule has 1 aliphatic rings. The number of hydrogen-bond donors (Lipinski definition) is 2. The number of hydrogen-bond acceptors (Lipinski definition) is 6. The summed E-state index contributed by atoms with van der Waals surface area (Å²) in [6.45, 7) is 12.5. The Morgan fingerprint density at radius 3 is 1.98 bits per heavy atom. The summed E-state index contributed by atoms with van der Waals surface area (Å²) in [6.07, 6.45) is 0.357. The largest absolute Gasteiger partial charge is 0.467 e. The third kappa shape index (κ3) is 9.03. The number of carbonyl (C=O) groups excluding carboxylic acids is 4. The number of rotatable bonds is 11. The molecule has 44 heavy (non-hydrogen) atoms. The van der Waals surface area contributed by atoms with Gasteiger partial charge in [0.2, 0.25) is 11.8 Å². The highest BCUT2D eigenvalue weighted by Crippen LogP contribution is 2.34. The molecule has 0 saturated heterocycles. The molecular weight excluding hydrogens is 565 g/mol. The van der Waals surface area contributed by atoms with Gasteiger partial charge in [0, 0.05) is 6.04 Å². The summed E-state index contributed by atoms with van der Waals surface area (Å²) in [5, 5.41) is 5.65. The van der Waals surface area contributed by atoms with Gasteiger partial charge in [0.05, 0.1) is 7.11 Å². The van der Waals surface area contributed by atoms with E-state index in [-0.39, 0.29) is 18.4 Å². The Balaban J connectivity index is 2.22. The van der Waals surface area contributed by atoms with E-state index in [0.717, 1.165) is 11.1 Å². The minimum atomic E-state index is -1.33. The lowest BCUT2D eigenvalue weighted by Gasteiger charge is -2.40. The molecule has 0 saturated carbocycles. The van der Waals surface area contributed by atoms with Gasteiger partial charge in [0.15, 0.2) is 0 Å². The third-order valence-electron chi connectivity index (χ3n) is 7.39. The van der Waals surface area contributed by atoms with Crippen LogP contribution in [0.15, 0.2) is 48.5 Å². The maximum Gasteiger partial charge on any atom is 0.408 e. The van der Waals surface area contributed by atoms with Gasteiger partial charge >= 0.3 is 12.1 Å². The smallest absolute Gasteiger partial charge is 0.408 e. The minimum absolute atomic E-state index is 0.0792. The number of ether oxygens (including phenoxy) is 2. The molecule has 0 heterocycles. The zero-order valence-corrected chi connectivity index (χ0v) is 27.0. The van der Waals surface area contributed by atoms with E-state index in [1.165, 1.54) is 36.3 Å². The number of halogens is 1. The lowest BCUT2D eigenvalue weighted by molar-refractivity contribution is -0.159. The van der Waals surface area contributed by atoms with Crippen molar-refractivity contribution in [2.45, 2.75) is 97.5 Å². The topological polar surface area (TPSA) is 114 Å². The summed E-state index contributed by atoms with van der Waals surface area (Å²) in [6, 6.07) is 9.07. The number of benzene rings is 2. The van der Waals surface area contributed by atoms with E-state index in [1.807, 2.05) is 38.1 Å². The van der Waals surface area contributed by atoms with Crippen molar-refractivity contribution in [1.82, 2.24) is 15.5 Å². The summed E-state index contributed by atoms with van der Waals surface area (Å²) >= 11 is 0. The molecule has 9 nitrogen and oxygen atoms in total. The molecule has 1 unspecified atom stereocenters. The molecular formula is C34H46FN3O6. The third-order valence-corrected chi connectivity index (χ3v) is 7.39. The van der Waals surface area contributed by atoms with Gasteiger partial charge < -0.3 is 25.0 Å². The summed E-state index contributed by atoms with van der Waals surface area (Å²) < 4.78 is 24.8. The second-order valence-electron chi connectivity index (χ2n) is 13.1. The van der Waals surface area contributed by atoms with Crippen molar-refractivity contribution in [2.24, 2.45) is 11.8 Å². The first-order valence-electron chi connectivity index (χ1n) is 15.1. The zero-order valence-electron chi connectivity index (χ0n) is 27.0. The van der Waals surface area contributed by atoms with Crippen molar-refractivity contribution >= 4 is 23.9 Å². The van der Waals surface area contributed by atoms with Crippen LogP contribution in [0.4, 0.5) is 9.18 Å². The molecule has 2 aromatic rings. The molecule has 3 rings (SSSR count). The molecule has 3 atom stereocenters. The van der Waals surface area contributed by atoms with Gasteiger partial charge in [0.25, 0.3) is 0 Å². The van der Waals surface area contributed by atoms with Crippen molar-refractivity contribution in [1.29, 1.82) is 0 Å². The fourth-order valence-corrected chi connectivity index (χ4v) is 5.62. The molecule has 0 bridgehead atoms. The molecule has 1 aliphatic carbocycles. The van der Waals surface area contributed by atoms with Gasteiger partial charge in [0.1, 0.15) is 29.5 Å². The Bertz CT molecular complexity index is 1300. The number of esters is 1. The molecule has 240 valence electrons. The van der Waals surface area contributed by atoms with Crippen LogP contribution in [0.1, 0.15) is 77.6 Å². The summed E-state index contributed by atoms with van der Waals surface area (Å²) in [7, 11) is 1.23. The second kappa shape index (κ2) is 14.7. The molecule has 0 aliphatic heterocycles. The first-order chi connectivity index (χ1) is 20.6. The average molecular weight is 612 g/mol. The van der Waals surface area contributed by atoms with Crippen LogP contribution in [0.25, 0.3) is 0 Å². The highest BCUT2D eigenvalue weighted by atomic mass is 19.1. The predicted molar refractivity (Wildman–Crippen MR) is 165 cm³/mol. The average Bonchev–Trinajstić information content (AvgIpc) is 3.36. The van der Waals surface area contributed by atoms with Gasteiger partial charge in [-0.25, -0.2) is 14.0 Å². The van der Waals surface area contributed by atoms with Crippen LogP contribution in [-0.4, -0.2) is 59.6 Å². The van der Waals surface area contributed by atoms with Crippen LogP contribution in [-0.2, 0) is 36.7 Å². The molecule has 10 heteroatoms. The standard InChI is InChI=1S/C34H46FN3O6/c1-20(2)17-27(32(41)43-8)38(29(30(39)36-21(3)4)22-13-15-26(35)16-14-22)31(40)28(37-33(42)44-34(5,6)7)25-18-23-11-9-10-12-24(23)19-25/h9-16,20-21,25,27-29H,17-19H2,1-8H3,(H,36,39)(H,37,42)/t27-,28-,29?/m1/s1. The van der Waals surface area contributed by atoms with E-state index in [2.05, 4.69) is 10.6 Å². The number of fused-ring (bicyclic) bond motifs is 1. The Kier molecular flexibility index (Phi) is 11.5. The highest BCUT2D eigenvalue weighted by Gasteiger charge is 2.46. The summed E-state index contributed by atoms with van der Waals surface area (Å²) in [4.78, 5) is 56.8. The quantitative estimate of drug-likeness (QED) is 0.341.